The molecule has 1 aliphatic heterocycles. The largest absolute Gasteiger partial charge is 0.365 e. The topological polar surface area (TPSA) is 144 Å². The zero-order valence-corrected chi connectivity index (χ0v) is 21.1. The molecule has 1 saturated heterocycles. The third-order valence-corrected chi connectivity index (χ3v) is 8.11. The van der Waals surface area contributed by atoms with Crippen molar-refractivity contribution in [3.05, 3.63) is 53.0 Å². The highest BCUT2D eigenvalue weighted by molar-refractivity contribution is 7.92. The number of nitrogens with two attached hydrogens (primary N) is 1. The Balaban J connectivity index is 1.47. The molecule has 0 spiro atoms. The van der Waals surface area contributed by atoms with Crippen LogP contribution in [-0.4, -0.2) is 60.3 Å². The Hall–Kier alpha value is -3.43. The molecule has 2 aliphatic rings. The van der Waals surface area contributed by atoms with Crippen LogP contribution in [0.2, 0.25) is 0 Å². The van der Waals surface area contributed by atoms with Gasteiger partial charge in [-0.2, -0.15) is 5.10 Å². The van der Waals surface area contributed by atoms with Crippen molar-refractivity contribution in [3.8, 4) is 0 Å². The second-order valence-corrected chi connectivity index (χ2v) is 11.5. The fourth-order valence-corrected chi connectivity index (χ4v) is 5.06. The van der Waals surface area contributed by atoms with Gasteiger partial charge in [0.1, 0.15) is 11.1 Å². The van der Waals surface area contributed by atoms with Gasteiger partial charge in [0.25, 0.3) is 5.91 Å². The van der Waals surface area contributed by atoms with Gasteiger partial charge >= 0.3 is 0 Å². The molecule has 1 aromatic carbocycles. The van der Waals surface area contributed by atoms with E-state index < -0.39 is 21.5 Å². The number of aromatic nitrogens is 2. The molecule has 0 atom stereocenters. The minimum atomic E-state index is -3.35. The van der Waals surface area contributed by atoms with Crippen molar-refractivity contribution in [1.29, 1.82) is 0 Å². The monoisotopic (exact) mass is 513 g/mol. The van der Waals surface area contributed by atoms with E-state index in [1.54, 1.807) is 23.9 Å². The molecular formula is C24H31N7O4S. The molecule has 1 aromatic heterocycles. The quantitative estimate of drug-likeness (QED) is 0.415. The summed E-state index contributed by atoms with van der Waals surface area (Å²) >= 11 is 0. The highest BCUT2D eigenvalue weighted by Crippen LogP contribution is 2.34. The number of anilines is 2. The Morgan fingerprint density at radius 3 is 2.61 bits per heavy atom. The number of hydrogen-bond acceptors (Lipinski definition) is 6. The lowest BCUT2D eigenvalue weighted by atomic mass is 9.87. The molecule has 0 bridgehead atoms. The van der Waals surface area contributed by atoms with E-state index in [4.69, 9.17) is 12.3 Å². The summed E-state index contributed by atoms with van der Waals surface area (Å²) < 4.78 is 28.0. The minimum absolute atomic E-state index is 0.00333. The maximum absolute atomic E-state index is 12.3. The molecule has 11 nitrogen and oxygen atoms in total. The highest BCUT2D eigenvalue weighted by atomic mass is 32.2. The summed E-state index contributed by atoms with van der Waals surface area (Å²) in [6.45, 7) is 11.3. The number of likely N-dealkylation sites (tertiary alicyclic amines) is 1. The number of amides is 2. The molecule has 2 fully saturated rings. The molecule has 192 valence electrons. The third kappa shape index (κ3) is 5.85. The number of nitrogens with one attached hydrogen (secondary N) is 2. The lowest BCUT2D eigenvalue weighted by Crippen LogP contribution is -2.48. The van der Waals surface area contributed by atoms with Crippen LogP contribution >= 0.6 is 0 Å². The SMILES string of the molecule is [C-]#[N+]CC1(n2cc(C(N)=O)c(NC(=O)C3CC3)n2)CCN(Cc2cccc(NS(=O)(=O)CC)c2)CC1. The van der Waals surface area contributed by atoms with Gasteiger partial charge in [-0.25, -0.2) is 15.0 Å². The number of nitrogens with zero attached hydrogens (tertiary/aromatic N) is 4. The van der Waals surface area contributed by atoms with Crippen LogP contribution < -0.4 is 15.8 Å². The summed E-state index contributed by atoms with van der Waals surface area (Å²) in [6, 6.07) is 7.33. The van der Waals surface area contributed by atoms with Crippen LogP contribution in [0.5, 0.6) is 0 Å². The first-order valence-corrected chi connectivity index (χ1v) is 13.7. The second-order valence-electron chi connectivity index (χ2n) is 9.49. The molecule has 2 amide bonds. The van der Waals surface area contributed by atoms with E-state index in [2.05, 4.69) is 24.9 Å². The maximum Gasteiger partial charge on any atom is 0.254 e. The van der Waals surface area contributed by atoms with E-state index in [0.29, 0.717) is 38.2 Å². The molecular weight excluding hydrogens is 482 g/mol. The standard InChI is InChI=1S/C24H31N7O4S/c1-3-36(34,35)29-19-6-4-5-17(13-19)14-30-11-9-24(10-12-30,16-26-2)31-15-20(21(25)32)22(28-31)27-23(33)18-7-8-18/h4-6,13,15,18,29H,3,7-12,14,16H2,1H3,(H2,25,32)(H,27,28,33). The third-order valence-electron chi connectivity index (χ3n) is 6.80. The maximum atomic E-state index is 12.3. The fraction of sp³-hybridized carbons (Fsp3) is 0.500. The summed E-state index contributed by atoms with van der Waals surface area (Å²) in [7, 11) is -3.35. The van der Waals surface area contributed by atoms with Crippen molar-refractivity contribution in [1.82, 2.24) is 14.7 Å². The molecule has 2 aromatic rings. The number of carbonyl (C=O) groups excluding carboxylic acids is 2. The first kappa shape index (κ1) is 25.7. The Morgan fingerprint density at radius 2 is 2.00 bits per heavy atom. The van der Waals surface area contributed by atoms with Crippen LogP contribution in [0.1, 0.15) is 48.5 Å². The summed E-state index contributed by atoms with van der Waals surface area (Å²) in [5.41, 5.74) is 6.58. The van der Waals surface area contributed by atoms with Gasteiger partial charge in [0.2, 0.25) is 22.5 Å². The zero-order chi connectivity index (χ0) is 25.9. The van der Waals surface area contributed by atoms with E-state index in [9.17, 15) is 18.0 Å². The van der Waals surface area contributed by atoms with Crippen LogP contribution in [0.15, 0.2) is 30.5 Å². The number of piperidine rings is 1. The van der Waals surface area contributed by atoms with Gasteiger partial charge in [-0.15, -0.1) is 0 Å². The minimum Gasteiger partial charge on any atom is -0.365 e. The lowest BCUT2D eigenvalue weighted by Gasteiger charge is -2.38. The first-order valence-electron chi connectivity index (χ1n) is 12.0. The number of sulfonamides is 1. The number of carbonyl (C=O) groups is 2. The molecule has 1 aliphatic carbocycles. The molecule has 36 heavy (non-hydrogen) atoms. The van der Waals surface area contributed by atoms with Gasteiger partial charge in [0, 0.05) is 37.4 Å². The summed E-state index contributed by atoms with van der Waals surface area (Å²) in [5, 5.41) is 7.25. The van der Waals surface area contributed by atoms with E-state index in [1.807, 2.05) is 18.2 Å². The van der Waals surface area contributed by atoms with Crippen molar-refractivity contribution in [3.63, 3.8) is 0 Å². The highest BCUT2D eigenvalue weighted by Gasteiger charge is 2.41. The van der Waals surface area contributed by atoms with Crippen molar-refractivity contribution < 1.29 is 18.0 Å². The smallest absolute Gasteiger partial charge is 0.254 e. The van der Waals surface area contributed by atoms with Crippen molar-refractivity contribution in [2.24, 2.45) is 11.7 Å². The predicted octanol–water partition coefficient (Wildman–Crippen LogP) is 2.00. The van der Waals surface area contributed by atoms with Gasteiger partial charge in [0.05, 0.1) is 5.75 Å². The van der Waals surface area contributed by atoms with Gasteiger partial charge in [-0.1, -0.05) is 12.1 Å². The lowest BCUT2D eigenvalue weighted by molar-refractivity contribution is -0.117. The first-order chi connectivity index (χ1) is 17.1. The van der Waals surface area contributed by atoms with Gasteiger partial charge in [-0.3, -0.25) is 23.9 Å². The predicted molar refractivity (Wildman–Crippen MR) is 136 cm³/mol. The van der Waals surface area contributed by atoms with Crippen molar-refractivity contribution in [2.45, 2.75) is 44.7 Å². The Bertz CT molecular complexity index is 1290. The fourth-order valence-electron chi connectivity index (χ4n) is 4.43. The Labute approximate surface area is 210 Å². The molecule has 4 rings (SSSR count). The van der Waals surface area contributed by atoms with Crippen LogP contribution in [0.4, 0.5) is 11.5 Å². The molecule has 0 unspecified atom stereocenters. The van der Waals surface area contributed by atoms with Crippen LogP contribution in [0, 0.1) is 12.5 Å². The summed E-state index contributed by atoms with van der Waals surface area (Å²) in [6.07, 6.45) is 4.43. The van der Waals surface area contributed by atoms with Crippen LogP contribution in [0.3, 0.4) is 0 Å². The molecule has 0 radical (unpaired) electrons. The molecule has 12 heteroatoms. The van der Waals surface area contributed by atoms with E-state index in [0.717, 1.165) is 18.4 Å². The number of rotatable bonds is 10. The van der Waals surface area contributed by atoms with E-state index in [-0.39, 0.29) is 35.5 Å². The molecule has 4 N–H and O–H groups in total. The number of hydrogen-bond donors (Lipinski definition) is 3. The summed E-state index contributed by atoms with van der Waals surface area (Å²) in [4.78, 5) is 30.2. The molecule has 1 saturated carbocycles. The van der Waals surface area contributed by atoms with E-state index in [1.165, 1.54) is 0 Å². The van der Waals surface area contributed by atoms with Crippen LogP contribution in [-0.2, 0) is 26.9 Å². The van der Waals surface area contributed by atoms with E-state index >= 15 is 0 Å². The average molecular weight is 514 g/mol. The summed E-state index contributed by atoms with van der Waals surface area (Å²) in [5.74, 6) is -0.741. The molecule has 2 heterocycles. The Morgan fingerprint density at radius 1 is 1.28 bits per heavy atom. The van der Waals surface area contributed by atoms with Gasteiger partial charge in [-0.05, 0) is 50.3 Å². The zero-order valence-electron chi connectivity index (χ0n) is 20.2. The van der Waals surface area contributed by atoms with Crippen LogP contribution in [0.25, 0.3) is 4.85 Å². The van der Waals surface area contributed by atoms with Gasteiger partial charge < -0.3 is 15.9 Å². The van der Waals surface area contributed by atoms with Gasteiger partial charge in [0.15, 0.2) is 5.82 Å². The van der Waals surface area contributed by atoms with Crippen molar-refractivity contribution >= 4 is 33.3 Å². The number of primary amides is 1. The number of benzene rings is 1. The average Bonchev–Trinajstić information content (AvgIpc) is 3.60. The van der Waals surface area contributed by atoms with Crippen molar-refractivity contribution in [2.75, 3.05) is 35.4 Å². The normalized spacial score (nSPS) is 17.8. The second kappa shape index (κ2) is 10.3. The Kier molecular flexibility index (Phi) is 7.33.